The van der Waals surface area contributed by atoms with Crippen molar-refractivity contribution in [2.24, 2.45) is 9.98 Å². The summed E-state index contributed by atoms with van der Waals surface area (Å²) >= 11 is 0. The van der Waals surface area contributed by atoms with Crippen LogP contribution >= 0.6 is 0 Å². The summed E-state index contributed by atoms with van der Waals surface area (Å²) in [5.74, 6) is 0.236. The zero-order valence-corrected chi connectivity index (χ0v) is 11.1. The second-order valence-corrected chi connectivity index (χ2v) is 4.41. The summed E-state index contributed by atoms with van der Waals surface area (Å²) in [5.41, 5.74) is 1.18. The molecule has 0 aromatic heterocycles. The summed E-state index contributed by atoms with van der Waals surface area (Å²) in [7, 11) is 0. The third kappa shape index (κ3) is 5.43. The van der Waals surface area contributed by atoms with E-state index in [2.05, 4.69) is 16.9 Å². The number of carbonyl (C=O) groups excluding carboxylic acids is 2. The highest BCUT2D eigenvalue weighted by Crippen LogP contribution is 2.28. The van der Waals surface area contributed by atoms with Crippen molar-refractivity contribution in [2.45, 2.75) is 44.7 Å². The summed E-state index contributed by atoms with van der Waals surface area (Å²) in [6.45, 7) is 2.13. The van der Waals surface area contributed by atoms with Gasteiger partial charge in [0.05, 0.1) is 0 Å². The van der Waals surface area contributed by atoms with Gasteiger partial charge in [0.25, 0.3) is 0 Å². The van der Waals surface area contributed by atoms with Crippen LogP contribution in [-0.2, 0) is 9.59 Å². The molecule has 0 aliphatic rings. The van der Waals surface area contributed by atoms with Gasteiger partial charge >= 0.3 is 0 Å². The summed E-state index contributed by atoms with van der Waals surface area (Å²) in [5, 5.41) is 0. The van der Waals surface area contributed by atoms with Crippen LogP contribution in [0.4, 0.5) is 0 Å². The maximum Gasteiger partial charge on any atom is 0.237 e. The Bertz CT molecular complexity index is 442. The van der Waals surface area contributed by atoms with E-state index in [1.807, 2.05) is 30.3 Å². The van der Waals surface area contributed by atoms with Crippen molar-refractivity contribution < 1.29 is 9.59 Å². The van der Waals surface area contributed by atoms with E-state index in [1.165, 1.54) is 17.7 Å². The van der Waals surface area contributed by atoms with E-state index < -0.39 is 6.17 Å². The number of aliphatic imine (C=N–C) groups is 2. The fourth-order valence-corrected chi connectivity index (χ4v) is 2.11. The Morgan fingerprint density at radius 3 is 2.26 bits per heavy atom. The van der Waals surface area contributed by atoms with Gasteiger partial charge in [0.2, 0.25) is 12.2 Å². The lowest BCUT2D eigenvalue weighted by Gasteiger charge is -2.18. The molecule has 4 nitrogen and oxygen atoms in total. The van der Waals surface area contributed by atoms with Gasteiger partial charge in [-0.1, -0.05) is 50.1 Å². The molecule has 0 spiro atoms. The fraction of sp³-hybridized carbons (Fsp3) is 0.467. The van der Waals surface area contributed by atoms with E-state index in [9.17, 15) is 9.59 Å². The smallest absolute Gasteiger partial charge is 0.211 e. The van der Waals surface area contributed by atoms with Crippen LogP contribution in [0.25, 0.3) is 0 Å². The molecule has 1 rings (SSSR count). The van der Waals surface area contributed by atoms with Crippen molar-refractivity contribution in [1.29, 1.82) is 0 Å². The first-order valence-corrected chi connectivity index (χ1v) is 6.50. The summed E-state index contributed by atoms with van der Waals surface area (Å²) in [6.07, 6.45) is 5.97. The van der Waals surface area contributed by atoms with Crippen LogP contribution in [0.1, 0.15) is 44.1 Å². The van der Waals surface area contributed by atoms with E-state index >= 15 is 0 Å². The molecule has 100 valence electrons. The first-order valence-electron chi connectivity index (χ1n) is 6.50. The molecular weight excluding hydrogens is 240 g/mol. The average Bonchev–Trinajstić information content (AvgIpc) is 2.44. The number of hydrogen-bond donors (Lipinski definition) is 0. The van der Waals surface area contributed by atoms with Crippen LogP contribution in [0, 0.1) is 0 Å². The van der Waals surface area contributed by atoms with Crippen LogP contribution in [0.3, 0.4) is 0 Å². The van der Waals surface area contributed by atoms with E-state index in [0.29, 0.717) is 6.42 Å². The van der Waals surface area contributed by atoms with Gasteiger partial charge < -0.3 is 0 Å². The number of rotatable bonds is 8. The lowest BCUT2D eigenvalue weighted by atomic mass is 9.90. The van der Waals surface area contributed by atoms with Gasteiger partial charge in [-0.2, -0.15) is 9.98 Å². The fourth-order valence-electron chi connectivity index (χ4n) is 2.11. The third-order valence-electron chi connectivity index (χ3n) is 3.08. The molecule has 0 fully saturated rings. The molecule has 0 saturated heterocycles. The molecule has 1 aromatic carbocycles. The molecule has 0 bridgehead atoms. The molecule has 0 aliphatic heterocycles. The molecule has 0 aliphatic carbocycles. The molecule has 1 unspecified atom stereocenters. The van der Waals surface area contributed by atoms with Crippen LogP contribution in [-0.4, -0.2) is 18.3 Å². The lowest BCUT2D eigenvalue weighted by molar-refractivity contribution is 0.485. The Balaban J connectivity index is 2.84. The maximum atomic E-state index is 10.3. The predicted octanol–water partition coefficient (Wildman–Crippen LogP) is 3.35. The maximum absolute atomic E-state index is 10.3. The van der Waals surface area contributed by atoms with E-state index in [-0.39, 0.29) is 5.92 Å². The highest BCUT2D eigenvalue weighted by molar-refractivity contribution is 5.37. The Kier molecular flexibility index (Phi) is 7.11. The van der Waals surface area contributed by atoms with E-state index in [1.54, 1.807) is 0 Å². The topological polar surface area (TPSA) is 58.9 Å². The molecule has 0 N–H and O–H groups in total. The Morgan fingerprint density at radius 1 is 1.11 bits per heavy atom. The highest BCUT2D eigenvalue weighted by atomic mass is 16.1. The van der Waals surface area contributed by atoms with Crippen molar-refractivity contribution in [3.63, 3.8) is 0 Å². The van der Waals surface area contributed by atoms with Crippen molar-refractivity contribution in [1.82, 2.24) is 0 Å². The zero-order chi connectivity index (χ0) is 13.9. The zero-order valence-electron chi connectivity index (χ0n) is 11.1. The minimum absolute atomic E-state index is 0.236. The number of unbranched alkanes of at least 4 members (excludes halogenated alkanes) is 1. The minimum atomic E-state index is -0.669. The summed E-state index contributed by atoms with van der Waals surface area (Å²) < 4.78 is 0. The average molecular weight is 258 g/mol. The van der Waals surface area contributed by atoms with Gasteiger partial charge in [0.1, 0.15) is 0 Å². The Hall–Kier alpha value is -2.02. The third-order valence-corrected chi connectivity index (χ3v) is 3.08. The standard InChI is InChI=1S/C15H18N2O2/c1-2-3-7-14(13-8-5-4-6-9-13)10-15(16-11-18)17-12-19/h4-6,8-9,14-15H,2-3,7,10H2,1H3. The first kappa shape index (κ1) is 15.0. The molecule has 1 aromatic rings. The number of hydrogen-bond acceptors (Lipinski definition) is 4. The first-order chi connectivity index (χ1) is 9.31. The Morgan fingerprint density at radius 2 is 1.74 bits per heavy atom. The largest absolute Gasteiger partial charge is 0.237 e. The Labute approximate surface area is 113 Å². The normalized spacial score (nSPS) is 12.9. The number of benzene rings is 1. The SMILES string of the molecule is CCCCC(CC(N=C=O)N=C=O)c1ccccc1. The molecule has 19 heavy (non-hydrogen) atoms. The second kappa shape index (κ2) is 8.98. The highest BCUT2D eigenvalue weighted by Gasteiger charge is 2.16. The second-order valence-electron chi connectivity index (χ2n) is 4.41. The van der Waals surface area contributed by atoms with Gasteiger partial charge in [-0.15, -0.1) is 0 Å². The van der Waals surface area contributed by atoms with Gasteiger partial charge in [-0.05, 0) is 24.3 Å². The van der Waals surface area contributed by atoms with E-state index in [0.717, 1.165) is 19.3 Å². The quantitative estimate of drug-likeness (QED) is 0.530. The predicted molar refractivity (Wildman–Crippen MR) is 73.4 cm³/mol. The molecule has 0 radical (unpaired) electrons. The molecule has 0 saturated carbocycles. The van der Waals surface area contributed by atoms with E-state index in [4.69, 9.17) is 0 Å². The molecule has 1 atom stereocenters. The molecule has 4 heteroatoms. The molecular formula is C15H18N2O2. The number of nitrogens with zero attached hydrogens (tertiary/aromatic N) is 2. The van der Waals surface area contributed by atoms with Crippen molar-refractivity contribution in [3.05, 3.63) is 35.9 Å². The van der Waals surface area contributed by atoms with Gasteiger partial charge in [0.15, 0.2) is 6.17 Å². The van der Waals surface area contributed by atoms with Gasteiger partial charge in [-0.25, -0.2) is 9.59 Å². The summed E-state index contributed by atoms with van der Waals surface area (Å²) in [4.78, 5) is 27.8. The van der Waals surface area contributed by atoms with Gasteiger partial charge in [-0.3, -0.25) is 0 Å². The van der Waals surface area contributed by atoms with Crippen molar-refractivity contribution in [2.75, 3.05) is 0 Å². The molecule has 0 heterocycles. The lowest BCUT2D eigenvalue weighted by Crippen LogP contribution is -2.09. The minimum Gasteiger partial charge on any atom is -0.211 e. The van der Waals surface area contributed by atoms with Crippen LogP contribution in [0.15, 0.2) is 40.3 Å². The number of isocyanates is 2. The van der Waals surface area contributed by atoms with Crippen LogP contribution < -0.4 is 0 Å². The van der Waals surface area contributed by atoms with Crippen molar-refractivity contribution in [3.8, 4) is 0 Å². The van der Waals surface area contributed by atoms with Crippen molar-refractivity contribution >= 4 is 12.2 Å². The summed E-state index contributed by atoms with van der Waals surface area (Å²) in [6, 6.07) is 10.0. The van der Waals surface area contributed by atoms with Gasteiger partial charge in [0, 0.05) is 0 Å². The van der Waals surface area contributed by atoms with Crippen LogP contribution in [0.2, 0.25) is 0 Å². The molecule has 0 amide bonds. The monoisotopic (exact) mass is 258 g/mol. The van der Waals surface area contributed by atoms with Crippen LogP contribution in [0.5, 0.6) is 0 Å².